The van der Waals surface area contributed by atoms with E-state index in [2.05, 4.69) is 60.7 Å². The molecule has 0 aliphatic heterocycles. The van der Waals surface area contributed by atoms with E-state index in [4.69, 9.17) is 17.1 Å². The molecule has 2 saturated carbocycles. The van der Waals surface area contributed by atoms with E-state index in [-0.39, 0.29) is 17.3 Å². The number of hydrogen-bond acceptors (Lipinski definition) is 3. The van der Waals surface area contributed by atoms with Gasteiger partial charge in [0, 0.05) is 11.6 Å². The summed E-state index contributed by atoms with van der Waals surface area (Å²) in [5, 5.41) is 0. The van der Waals surface area contributed by atoms with Crippen LogP contribution in [0.15, 0.2) is 85.1 Å². The molecule has 1 unspecified atom stereocenters. The molecule has 2 fully saturated rings. The van der Waals surface area contributed by atoms with Crippen molar-refractivity contribution in [3.63, 3.8) is 0 Å². The normalized spacial score (nSPS) is 24.6. The molecule has 152 valence electrons. The van der Waals surface area contributed by atoms with Gasteiger partial charge in [0.05, 0.1) is 5.92 Å². The van der Waals surface area contributed by atoms with E-state index in [1.54, 1.807) is 12.3 Å². The van der Waals surface area contributed by atoms with Crippen LogP contribution in [0.4, 0.5) is 0 Å². The van der Waals surface area contributed by atoms with Crippen LogP contribution in [-0.2, 0) is 10.2 Å². The summed E-state index contributed by atoms with van der Waals surface area (Å²) in [5.41, 5.74) is 2.85. The second kappa shape index (κ2) is 7.51. The van der Waals surface area contributed by atoms with Gasteiger partial charge in [-0.05, 0) is 53.9 Å². The Labute approximate surface area is 182 Å². The van der Waals surface area contributed by atoms with Crippen LogP contribution in [0.1, 0.15) is 30.9 Å². The summed E-state index contributed by atoms with van der Waals surface area (Å²) in [6.07, 6.45) is 3.92. The molecule has 3 aromatic rings. The topological polar surface area (TPSA) is 31.2 Å². The van der Waals surface area contributed by atoms with Crippen LogP contribution >= 0.6 is 12.2 Å². The number of aromatic nitrogens is 1. The van der Waals surface area contributed by atoms with Crippen molar-refractivity contribution in [3.8, 4) is 0 Å². The Bertz CT molecular complexity index is 1070. The third-order valence-corrected chi connectivity index (χ3v) is 7.31. The maximum Gasteiger partial charge on any atom is 0.335 e. The Kier molecular flexibility index (Phi) is 4.82. The summed E-state index contributed by atoms with van der Waals surface area (Å²) in [6, 6.07) is 27.1. The maximum absolute atomic E-state index is 12.7. The van der Waals surface area contributed by atoms with E-state index in [9.17, 15) is 4.79 Å². The molecule has 3 nitrogen and oxygen atoms in total. The van der Waals surface area contributed by atoms with Crippen LogP contribution in [0.5, 0.6) is 0 Å². The number of pyridine rings is 1. The van der Waals surface area contributed by atoms with Gasteiger partial charge in [-0.2, -0.15) is 4.73 Å². The Balaban J connectivity index is 1.33. The molecule has 0 spiro atoms. The van der Waals surface area contributed by atoms with Crippen molar-refractivity contribution in [1.29, 1.82) is 0 Å². The summed E-state index contributed by atoms with van der Waals surface area (Å²) in [7, 11) is 0. The van der Waals surface area contributed by atoms with Crippen LogP contribution < -0.4 is 4.84 Å². The van der Waals surface area contributed by atoms with Crippen LogP contribution in [0.2, 0.25) is 0 Å². The average Bonchev–Trinajstić information content (AvgIpc) is 3.69. The fourth-order valence-corrected chi connectivity index (χ4v) is 5.40. The lowest BCUT2D eigenvalue weighted by Crippen LogP contribution is -2.27. The third kappa shape index (κ3) is 3.29. The molecule has 30 heavy (non-hydrogen) atoms. The molecule has 1 aromatic heterocycles. The highest BCUT2D eigenvalue weighted by Crippen LogP contribution is 2.69. The standard InChI is InChI=1S/C26H25NO2S/c1-18(25(28)29-27-15-9-8-14-24(27)30)21-16-22(21)23-17-26(23,19-10-4-2-5-11-19)20-12-6-3-7-13-20/h2-15,18,21-23H,16-17H2,1H3/t18?,21-,22+,23-/m0/s1. The molecule has 2 aromatic carbocycles. The molecule has 2 aliphatic rings. The van der Waals surface area contributed by atoms with Crippen molar-refractivity contribution >= 4 is 18.2 Å². The second-order valence-electron chi connectivity index (χ2n) is 8.64. The van der Waals surface area contributed by atoms with Crippen molar-refractivity contribution in [3.05, 3.63) is 101 Å². The predicted molar refractivity (Wildman–Crippen MR) is 119 cm³/mol. The zero-order valence-electron chi connectivity index (χ0n) is 17.0. The van der Waals surface area contributed by atoms with Gasteiger partial charge in [-0.25, -0.2) is 4.79 Å². The molecule has 0 bridgehead atoms. The van der Waals surface area contributed by atoms with Crippen molar-refractivity contribution < 1.29 is 9.63 Å². The van der Waals surface area contributed by atoms with Crippen molar-refractivity contribution in [1.82, 2.24) is 4.73 Å². The Morgan fingerprint density at radius 1 is 1.00 bits per heavy atom. The van der Waals surface area contributed by atoms with Gasteiger partial charge < -0.3 is 4.84 Å². The number of nitrogens with zero attached hydrogens (tertiary/aromatic N) is 1. The van der Waals surface area contributed by atoms with Crippen LogP contribution in [0.25, 0.3) is 0 Å². The van der Waals surface area contributed by atoms with E-state index in [0.29, 0.717) is 22.4 Å². The van der Waals surface area contributed by atoms with Crippen LogP contribution in [-0.4, -0.2) is 10.7 Å². The first kappa shape index (κ1) is 19.3. The lowest BCUT2D eigenvalue weighted by Gasteiger charge is -2.20. The highest BCUT2D eigenvalue weighted by atomic mass is 32.1. The van der Waals surface area contributed by atoms with E-state index < -0.39 is 0 Å². The zero-order chi connectivity index (χ0) is 20.7. The fraction of sp³-hybridized carbons (Fsp3) is 0.308. The number of hydrogen-bond donors (Lipinski definition) is 0. The third-order valence-electron chi connectivity index (χ3n) is 6.99. The van der Waals surface area contributed by atoms with Gasteiger partial charge in [-0.3, -0.25) is 0 Å². The highest BCUT2D eigenvalue weighted by molar-refractivity contribution is 7.71. The van der Waals surface area contributed by atoms with Gasteiger partial charge in [0.25, 0.3) is 0 Å². The molecular formula is C26H25NO2S. The second-order valence-corrected chi connectivity index (χ2v) is 9.06. The zero-order valence-corrected chi connectivity index (χ0v) is 17.8. The van der Waals surface area contributed by atoms with Gasteiger partial charge in [0.1, 0.15) is 4.64 Å². The van der Waals surface area contributed by atoms with E-state index >= 15 is 0 Å². The molecule has 2 aliphatic carbocycles. The van der Waals surface area contributed by atoms with E-state index in [1.807, 2.05) is 19.1 Å². The molecule has 0 saturated heterocycles. The smallest absolute Gasteiger partial charge is 0.335 e. The summed E-state index contributed by atoms with van der Waals surface area (Å²) in [5.74, 6) is 1.16. The monoisotopic (exact) mass is 415 g/mol. The largest absolute Gasteiger partial charge is 0.335 e. The molecule has 5 rings (SSSR count). The summed E-state index contributed by atoms with van der Waals surface area (Å²) in [4.78, 5) is 18.3. The summed E-state index contributed by atoms with van der Waals surface area (Å²) in [6.45, 7) is 1.99. The molecular weight excluding hydrogens is 390 g/mol. The minimum atomic E-state index is -0.199. The van der Waals surface area contributed by atoms with Crippen molar-refractivity contribution in [2.45, 2.75) is 25.2 Å². The maximum atomic E-state index is 12.7. The van der Waals surface area contributed by atoms with Gasteiger partial charge in [-0.15, -0.1) is 0 Å². The molecule has 0 N–H and O–H groups in total. The fourth-order valence-electron chi connectivity index (χ4n) is 5.22. The molecule has 0 amide bonds. The quantitative estimate of drug-likeness (QED) is 0.502. The van der Waals surface area contributed by atoms with E-state index in [1.165, 1.54) is 15.9 Å². The minimum Gasteiger partial charge on any atom is -0.335 e. The van der Waals surface area contributed by atoms with E-state index in [0.717, 1.165) is 12.8 Å². The lowest BCUT2D eigenvalue weighted by molar-refractivity contribution is -0.149. The first-order valence-corrected chi connectivity index (χ1v) is 11.0. The number of carbonyl (C=O) groups excluding carboxylic acids is 1. The first-order chi connectivity index (χ1) is 14.6. The number of benzene rings is 2. The molecule has 1 heterocycles. The number of carbonyl (C=O) groups is 1. The van der Waals surface area contributed by atoms with Crippen molar-refractivity contribution in [2.24, 2.45) is 23.7 Å². The highest BCUT2D eigenvalue weighted by Gasteiger charge is 2.65. The molecule has 4 heteroatoms. The lowest BCUT2D eigenvalue weighted by atomic mass is 9.84. The van der Waals surface area contributed by atoms with Gasteiger partial charge in [-0.1, -0.05) is 85.9 Å². The SMILES string of the molecule is CC(C(=O)On1ccccc1=S)[C@@H]1C[C@H]1[C@@H]1CC1(c1ccccc1)c1ccccc1. The Hall–Kier alpha value is -2.72. The first-order valence-electron chi connectivity index (χ1n) is 10.6. The van der Waals surface area contributed by atoms with Gasteiger partial charge in [0.2, 0.25) is 0 Å². The Morgan fingerprint density at radius 2 is 1.60 bits per heavy atom. The molecule has 0 radical (unpaired) electrons. The summed E-state index contributed by atoms with van der Waals surface area (Å²) < 4.78 is 1.89. The minimum absolute atomic E-state index is 0.0769. The average molecular weight is 416 g/mol. The Morgan fingerprint density at radius 3 is 2.20 bits per heavy atom. The number of rotatable bonds is 6. The van der Waals surface area contributed by atoms with Crippen LogP contribution in [0, 0.1) is 28.3 Å². The van der Waals surface area contributed by atoms with Gasteiger partial charge >= 0.3 is 5.97 Å². The predicted octanol–water partition coefficient (Wildman–Crippen LogP) is 5.45. The molecule has 4 atom stereocenters. The van der Waals surface area contributed by atoms with Gasteiger partial charge in [0.15, 0.2) is 0 Å². The van der Waals surface area contributed by atoms with Crippen molar-refractivity contribution in [2.75, 3.05) is 0 Å². The van der Waals surface area contributed by atoms with Crippen LogP contribution in [0.3, 0.4) is 0 Å². The summed E-state index contributed by atoms with van der Waals surface area (Å²) >= 11 is 5.24.